The van der Waals surface area contributed by atoms with Gasteiger partial charge in [-0.25, -0.2) is 4.98 Å². The van der Waals surface area contributed by atoms with Gasteiger partial charge in [-0.15, -0.1) is 0 Å². The number of aliphatic hydroxyl groups is 1. The molecule has 0 aliphatic carbocycles. The van der Waals surface area contributed by atoms with E-state index in [-0.39, 0.29) is 12.6 Å². The Morgan fingerprint density at radius 3 is 2.50 bits per heavy atom. The molecular formula is C16H17N3O. The Kier molecular flexibility index (Phi) is 3.39. The van der Waals surface area contributed by atoms with E-state index in [9.17, 15) is 5.11 Å². The molecule has 0 saturated heterocycles. The second-order valence-corrected chi connectivity index (χ2v) is 4.77. The Balaban J connectivity index is 1.94. The molecule has 3 aromatic rings. The Morgan fingerprint density at radius 1 is 1.10 bits per heavy atom. The molecule has 1 atom stereocenters. The number of anilines is 1. The number of hydrogen-bond acceptors (Lipinski definition) is 3. The Hall–Kier alpha value is -2.33. The number of nitrogens with zero attached hydrogens (tertiary/aromatic N) is 2. The van der Waals surface area contributed by atoms with Crippen LogP contribution in [0.2, 0.25) is 0 Å². The maximum Gasteiger partial charge on any atom is 0.204 e. The maximum atomic E-state index is 9.61. The van der Waals surface area contributed by atoms with Crippen molar-refractivity contribution in [3.8, 4) is 0 Å². The monoisotopic (exact) mass is 267 g/mol. The van der Waals surface area contributed by atoms with Gasteiger partial charge in [-0.2, -0.15) is 0 Å². The van der Waals surface area contributed by atoms with Gasteiger partial charge in [0.05, 0.1) is 23.7 Å². The summed E-state index contributed by atoms with van der Waals surface area (Å²) in [4.78, 5) is 4.57. The molecule has 1 heterocycles. The van der Waals surface area contributed by atoms with E-state index < -0.39 is 0 Å². The number of benzene rings is 2. The van der Waals surface area contributed by atoms with Crippen LogP contribution in [0.25, 0.3) is 11.0 Å². The molecule has 4 nitrogen and oxygen atoms in total. The van der Waals surface area contributed by atoms with Crippen molar-refractivity contribution >= 4 is 17.0 Å². The van der Waals surface area contributed by atoms with Crippen molar-refractivity contribution < 1.29 is 5.11 Å². The van der Waals surface area contributed by atoms with Gasteiger partial charge in [0.2, 0.25) is 5.95 Å². The Labute approximate surface area is 117 Å². The maximum absolute atomic E-state index is 9.61. The number of rotatable bonds is 4. The lowest BCUT2D eigenvalue weighted by Crippen LogP contribution is -2.17. The largest absolute Gasteiger partial charge is 0.394 e. The fraction of sp³-hybridized carbons (Fsp3) is 0.188. The first-order valence-corrected chi connectivity index (χ1v) is 6.63. The number of nitrogens with one attached hydrogen (secondary N) is 1. The number of para-hydroxylation sites is 2. The molecule has 2 N–H and O–H groups in total. The predicted octanol–water partition coefficient (Wildman–Crippen LogP) is 2.72. The van der Waals surface area contributed by atoms with Crippen molar-refractivity contribution in [3.05, 3.63) is 60.2 Å². The van der Waals surface area contributed by atoms with E-state index in [2.05, 4.69) is 10.3 Å². The zero-order valence-electron chi connectivity index (χ0n) is 11.3. The highest BCUT2D eigenvalue weighted by Gasteiger charge is 2.14. The topological polar surface area (TPSA) is 50.1 Å². The average molecular weight is 267 g/mol. The molecule has 3 rings (SSSR count). The van der Waals surface area contributed by atoms with E-state index in [0.717, 1.165) is 22.5 Å². The molecule has 0 bridgehead atoms. The van der Waals surface area contributed by atoms with Gasteiger partial charge in [0, 0.05) is 7.05 Å². The molecule has 0 spiro atoms. The first kappa shape index (κ1) is 12.7. The highest BCUT2D eigenvalue weighted by atomic mass is 16.3. The summed E-state index contributed by atoms with van der Waals surface area (Å²) in [7, 11) is 1.97. The highest BCUT2D eigenvalue weighted by molar-refractivity contribution is 5.78. The first-order valence-electron chi connectivity index (χ1n) is 6.63. The van der Waals surface area contributed by atoms with E-state index in [0.29, 0.717) is 0 Å². The third kappa shape index (κ3) is 2.26. The van der Waals surface area contributed by atoms with Crippen LogP contribution in [0.1, 0.15) is 11.6 Å². The smallest absolute Gasteiger partial charge is 0.204 e. The summed E-state index contributed by atoms with van der Waals surface area (Å²) in [6.45, 7) is 0.0211. The molecule has 0 aliphatic heterocycles. The molecular weight excluding hydrogens is 250 g/mol. The third-order valence-electron chi connectivity index (χ3n) is 3.47. The van der Waals surface area contributed by atoms with E-state index in [4.69, 9.17) is 0 Å². The van der Waals surface area contributed by atoms with Crippen LogP contribution in [-0.2, 0) is 7.05 Å². The van der Waals surface area contributed by atoms with Crippen LogP contribution in [0.5, 0.6) is 0 Å². The summed E-state index contributed by atoms with van der Waals surface area (Å²) in [5, 5.41) is 12.9. The van der Waals surface area contributed by atoms with Gasteiger partial charge in [0.25, 0.3) is 0 Å². The van der Waals surface area contributed by atoms with Gasteiger partial charge in [0.15, 0.2) is 0 Å². The molecule has 0 unspecified atom stereocenters. The summed E-state index contributed by atoms with van der Waals surface area (Å²) in [6.07, 6.45) is 0. The van der Waals surface area contributed by atoms with Crippen molar-refractivity contribution in [2.75, 3.05) is 11.9 Å². The number of aromatic nitrogens is 2. The number of imidazole rings is 1. The zero-order chi connectivity index (χ0) is 13.9. The number of fused-ring (bicyclic) bond motifs is 1. The van der Waals surface area contributed by atoms with Crippen LogP contribution in [0.4, 0.5) is 5.95 Å². The van der Waals surface area contributed by atoms with Crippen LogP contribution < -0.4 is 5.32 Å². The van der Waals surface area contributed by atoms with Crippen molar-refractivity contribution in [2.24, 2.45) is 7.05 Å². The molecule has 1 aromatic heterocycles. The second-order valence-electron chi connectivity index (χ2n) is 4.77. The van der Waals surface area contributed by atoms with Crippen LogP contribution in [-0.4, -0.2) is 21.3 Å². The third-order valence-corrected chi connectivity index (χ3v) is 3.47. The van der Waals surface area contributed by atoms with Crippen molar-refractivity contribution in [2.45, 2.75) is 6.04 Å². The lowest BCUT2D eigenvalue weighted by atomic mass is 10.1. The number of aryl methyl sites for hydroxylation is 1. The first-order chi connectivity index (χ1) is 9.79. The van der Waals surface area contributed by atoms with Gasteiger partial charge >= 0.3 is 0 Å². The molecule has 102 valence electrons. The van der Waals surface area contributed by atoms with E-state index in [1.54, 1.807) is 0 Å². The zero-order valence-corrected chi connectivity index (χ0v) is 11.3. The van der Waals surface area contributed by atoms with Crippen molar-refractivity contribution in [3.63, 3.8) is 0 Å². The minimum atomic E-state index is -0.160. The Bertz CT molecular complexity index is 706. The van der Waals surface area contributed by atoms with E-state index in [1.807, 2.05) is 66.2 Å². The summed E-state index contributed by atoms with van der Waals surface area (Å²) >= 11 is 0. The van der Waals surface area contributed by atoms with Crippen LogP contribution in [0.15, 0.2) is 54.6 Å². The minimum Gasteiger partial charge on any atom is -0.394 e. The fourth-order valence-electron chi connectivity index (χ4n) is 2.35. The fourth-order valence-corrected chi connectivity index (χ4v) is 2.35. The van der Waals surface area contributed by atoms with Crippen LogP contribution in [0, 0.1) is 0 Å². The number of aliphatic hydroxyl groups excluding tert-OH is 1. The van der Waals surface area contributed by atoms with Crippen molar-refractivity contribution in [1.82, 2.24) is 9.55 Å². The summed E-state index contributed by atoms with van der Waals surface area (Å²) in [5.41, 5.74) is 3.06. The Morgan fingerprint density at radius 2 is 1.80 bits per heavy atom. The lowest BCUT2D eigenvalue weighted by Gasteiger charge is -2.17. The molecule has 0 amide bonds. The minimum absolute atomic E-state index is 0.0211. The second kappa shape index (κ2) is 5.35. The van der Waals surface area contributed by atoms with Crippen LogP contribution >= 0.6 is 0 Å². The lowest BCUT2D eigenvalue weighted by molar-refractivity contribution is 0.275. The van der Waals surface area contributed by atoms with Gasteiger partial charge < -0.3 is 15.0 Å². The highest BCUT2D eigenvalue weighted by Crippen LogP contribution is 2.22. The van der Waals surface area contributed by atoms with Gasteiger partial charge in [-0.3, -0.25) is 0 Å². The molecule has 0 aliphatic rings. The molecule has 2 aromatic carbocycles. The van der Waals surface area contributed by atoms with Gasteiger partial charge in [0.1, 0.15) is 0 Å². The molecule has 0 fully saturated rings. The molecule has 4 heteroatoms. The van der Waals surface area contributed by atoms with E-state index >= 15 is 0 Å². The molecule has 0 saturated carbocycles. The predicted molar refractivity (Wildman–Crippen MR) is 80.6 cm³/mol. The molecule has 20 heavy (non-hydrogen) atoms. The summed E-state index contributed by atoms with van der Waals surface area (Å²) < 4.78 is 2.00. The molecule has 0 radical (unpaired) electrons. The normalized spacial score (nSPS) is 12.5. The quantitative estimate of drug-likeness (QED) is 0.764. The SMILES string of the molecule is Cn1c(N[C@@H](CO)c2ccccc2)nc2ccccc21. The van der Waals surface area contributed by atoms with E-state index in [1.165, 1.54) is 0 Å². The summed E-state index contributed by atoms with van der Waals surface area (Å²) in [6, 6.07) is 17.7. The number of hydrogen-bond donors (Lipinski definition) is 2. The van der Waals surface area contributed by atoms with Gasteiger partial charge in [-0.1, -0.05) is 42.5 Å². The summed E-state index contributed by atoms with van der Waals surface area (Å²) in [5.74, 6) is 0.758. The van der Waals surface area contributed by atoms with Crippen LogP contribution in [0.3, 0.4) is 0 Å². The standard InChI is InChI=1S/C16H17N3O/c1-19-15-10-6-5-9-13(15)17-16(19)18-14(11-20)12-7-3-2-4-8-12/h2-10,14,20H,11H2,1H3,(H,17,18)/t14-/m0/s1. The van der Waals surface area contributed by atoms with Crippen molar-refractivity contribution in [1.29, 1.82) is 0 Å². The average Bonchev–Trinajstić information content (AvgIpc) is 2.82. The van der Waals surface area contributed by atoms with Gasteiger partial charge in [-0.05, 0) is 17.7 Å².